The smallest absolute Gasteiger partial charge is 0.259 e. The summed E-state index contributed by atoms with van der Waals surface area (Å²) in [5, 5.41) is 7.55. The lowest BCUT2D eigenvalue weighted by molar-refractivity contribution is -0.126. The quantitative estimate of drug-likeness (QED) is 0.590. The maximum Gasteiger partial charge on any atom is 0.259 e. The number of nitrogens with zero attached hydrogens (tertiary/aromatic N) is 3. The van der Waals surface area contributed by atoms with Crippen LogP contribution in [0.25, 0.3) is 0 Å². The molecule has 0 unspecified atom stereocenters. The summed E-state index contributed by atoms with van der Waals surface area (Å²) in [6.07, 6.45) is 3.10. The lowest BCUT2D eigenvalue weighted by Gasteiger charge is -2.33. The van der Waals surface area contributed by atoms with Gasteiger partial charge < -0.3 is 10.1 Å². The average molecular weight is 433 g/mol. The van der Waals surface area contributed by atoms with Crippen molar-refractivity contribution in [2.75, 3.05) is 25.5 Å². The number of aromatic nitrogens is 2. The van der Waals surface area contributed by atoms with Gasteiger partial charge in [-0.2, -0.15) is 5.10 Å². The summed E-state index contributed by atoms with van der Waals surface area (Å²) in [5.74, 6) is 0.536. The number of methoxy groups -OCH3 is 1. The number of ether oxygens (including phenoxy) is 1. The molecule has 0 radical (unpaired) electrons. The third-order valence-electron chi connectivity index (χ3n) is 6.29. The van der Waals surface area contributed by atoms with E-state index < -0.39 is 6.10 Å². The summed E-state index contributed by atoms with van der Waals surface area (Å²) >= 11 is 0. The van der Waals surface area contributed by atoms with E-state index in [-0.39, 0.29) is 11.9 Å². The Bertz CT molecular complexity index is 1040. The van der Waals surface area contributed by atoms with Gasteiger partial charge in [-0.05, 0) is 43.4 Å². The lowest BCUT2D eigenvalue weighted by atomic mass is 10.0. The number of nitrogens with one attached hydrogen (secondary N) is 1. The average Bonchev–Trinajstić information content (AvgIpc) is 3.25. The van der Waals surface area contributed by atoms with Crippen LogP contribution in [0.4, 0.5) is 5.82 Å². The Labute approximate surface area is 190 Å². The highest BCUT2D eigenvalue weighted by Gasteiger charge is 2.25. The van der Waals surface area contributed by atoms with Crippen LogP contribution < -0.4 is 5.32 Å². The minimum Gasteiger partial charge on any atom is -0.367 e. The molecule has 0 aliphatic carbocycles. The minimum atomic E-state index is -0.654. The molecule has 1 aromatic heterocycles. The van der Waals surface area contributed by atoms with E-state index in [4.69, 9.17) is 4.74 Å². The third kappa shape index (κ3) is 5.09. The number of piperidine rings is 1. The van der Waals surface area contributed by atoms with E-state index in [0.29, 0.717) is 0 Å². The van der Waals surface area contributed by atoms with Crippen LogP contribution in [0.3, 0.4) is 0 Å². The first kappa shape index (κ1) is 22.2. The SMILES string of the molecule is CO[C@H](C(=O)Nc1ccnn1C1CCN(Cc2ccc(C)cc2C)CC1)c1ccccc1. The molecule has 1 aliphatic heterocycles. The molecule has 1 atom stereocenters. The normalized spacial score (nSPS) is 16.1. The zero-order valence-corrected chi connectivity index (χ0v) is 19.1. The van der Waals surface area contributed by atoms with Crippen LogP contribution >= 0.6 is 0 Å². The van der Waals surface area contributed by atoms with Crippen molar-refractivity contribution in [3.63, 3.8) is 0 Å². The first-order valence-electron chi connectivity index (χ1n) is 11.3. The van der Waals surface area contributed by atoms with Crippen LogP contribution in [0.15, 0.2) is 60.8 Å². The molecule has 6 heteroatoms. The number of anilines is 1. The summed E-state index contributed by atoms with van der Waals surface area (Å²) < 4.78 is 7.43. The van der Waals surface area contributed by atoms with Gasteiger partial charge in [-0.3, -0.25) is 9.69 Å². The highest BCUT2D eigenvalue weighted by Crippen LogP contribution is 2.27. The Kier molecular flexibility index (Phi) is 7.02. The number of benzene rings is 2. The first-order valence-corrected chi connectivity index (χ1v) is 11.3. The molecule has 6 nitrogen and oxygen atoms in total. The van der Waals surface area contributed by atoms with Crippen molar-refractivity contribution in [2.45, 2.75) is 45.4 Å². The molecule has 1 N–H and O–H groups in total. The molecule has 1 saturated heterocycles. The van der Waals surface area contributed by atoms with Crippen LogP contribution in [-0.4, -0.2) is 40.8 Å². The van der Waals surface area contributed by atoms with Crippen molar-refractivity contribution in [2.24, 2.45) is 0 Å². The molecule has 1 aliphatic rings. The molecular formula is C26H32N4O2. The van der Waals surface area contributed by atoms with Crippen LogP contribution in [0.2, 0.25) is 0 Å². The number of aryl methyl sites for hydroxylation is 2. The van der Waals surface area contributed by atoms with Crippen molar-refractivity contribution in [1.82, 2.24) is 14.7 Å². The van der Waals surface area contributed by atoms with E-state index in [2.05, 4.69) is 47.4 Å². The second-order valence-corrected chi connectivity index (χ2v) is 8.61. The highest BCUT2D eigenvalue weighted by atomic mass is 16.5. The molecule has 3 aromatic rings. The number of carbonyl (C=O) groups excluding carboxylic acids is 1. The van der Waals surface area contributed by atoms with Gasteiger partial charge in [0.2, 0.25) is 0 Å². The number of hydrogen-bond donors (Lipinski definition) is 1. The predicted molar refractivity (Wildman–Crippen MR) is 127 cm³/mol. The minimum absolute atomic E-state index is 0.187. The van der Waals surface area contributed by atoms with E-state index in [1.807, 2.05) is 41.1 Å². The van der Waals surface area contributed by atoms with Gasteiger partial charge in [0.1, 0.15) is 5.82 Å². The maximum atomic E-state index is 12.9. The summed E-state index contributed by atoms with van der Waals surface area (Å²) in [4.78, 5) is 15.4. The van der Waals surface area contributed by atoms with Crippen molar-refractivity contribution in [1.29, 1.82) is 0 Å². The largest absolute Gasteiger partial charge is 0.367 e. The summed E-state index contributed by atoms with van der Waals surface area (Å²) in [6, 6.07) is 18.4. The fourth-order valence-corrected chi connectivity index (χ4v) is 4.50. The van der Waals surface area contributed by atoms with E-state index in [9.17, 15) is 4.79 Å². The zero-order chi connectivity index (χ0) is 22.5. The standard InChI is InChI=1S/C26H32N4O2/c1-19-9-10-22(20(2)17-19)18-29-15-12-23(13-16-29)30-24(11-14-27-30)28-26(31)25(32-3)21-7-5-4-6-8-21/h4-11,14,17,23,25H,12-13,15-16,18H2,1-3H3,(H,28,31)/t25-/m0/s1. The summed E-state index contributed by atoms with van der Waals surface area (Å²) in [6.45, 7) is 7.33. The number of carbonyl (C=O) groups is 1. The lowest BCUT2D eigenvalue weighted by Crippen LogP contribution is -2.35. The van der Waals surface area contributed by atoms with Crippen molar-refractivity contribution >= 4 is 11.7 Å². The second-order valence-electron chi connectivity index (χ2n) is 8.61. The Morgan fingerprint density at radius 3 is 2.56 bits per heavy atom. The van der Waals surface area contributed by atoms with Crippen LogP contribution in [0.5, 0.6) is 0 Å². The molecule has 0 saturated carbocycles. The monoisotopic (exact) mass is 432 g/mol. The van der Waals surface area contributed by atoms with E-state index in [0.717, 1.165) is 43.9 Å². The third-order valence-corrected chi connectivity index (χ3v) is 6.29. The van der Waals surface area contributed by atoms with Gasteiger partial charge in [-0.25, -0.2) is 4.68 Å². The van der Waals surface area contributed by atoms with Gasteiger partial charge in [0.05, 0.1) is 12.2 Å². The Balaban J connectivity index is 1.37. The molecule has 1 fully saturated rings. The maximum absolute atomic E-state index is 12.9. The predicted octanol–water partition coefficient (Wildman–Crippen LogP) is 4.66. The first-order chi connectivity index (χ1) is 15.5. The van der Waals surface area contributed by atoms with Gasteiger partial charge in [-0.15, -0.1) is 0 Å². The van der Waals surface area contributed by atoms with Gasteiger partial charge in [0, 0.05) is 32.8 Å². The number of amides is 1. The van der Waals surface area contributed by atoms with Crippen LogP contribution in [0.1, 0.15) is 47.2 Å². The fraction of sp³-hybridized carbons (Fsp3) is 0.385. The van der Waals surface area contributed by atoms with Crippen molar-refractivity contribution < 1.29 is 9.53 Å². The molecule has 0 bridgehead atoms. The Morgan fingerprint density at radius 1 is 1.12 bits per heavy atom. The number of likely N-dealkylation sites (tertiary alicyclic amines) is 1. The van der Waals surface area contributed by atoms with Crippen LogP contribution in [0, 0.1) is 13.8 Å². The Hall–Kier alpha value is -2.96. The van der Waals surface area contributed by atoms with Gasteiger partial charge in [0.15, 0.2) is 6.10 Å². The van der Waals surface area contributed by atoms with E-state index in [1.54, 1.807) is 13.3 Å². The van der Waals surface area contributed by atoms with Gasteiger partial charge in [0.25, 0.3) is 5.91 Å². The molecule has 32 heavy (non-hydrogen) atoms. The Morgan fingerprint density at radius 2 is 1.88 bits per heavy atom. The van der Waals surface area contributed by atoms with Crippen molar-refractivity contribution in [3.05, 3.63) is 83.0 Å². The van der Waals surface area contributed by atoms with E-state index >= 15 is 0 Å². The second kappa shape index (κ2) is 10.1. The molecule has 168 valence electrons. The molecule has 2 aromatic carbocycles. The summed E-state index contributed by atoms with van der Waals surface area (Å²) in [7, 11) is 1.56. The number of rotatable bonds is 7. The topological polar surface area (TPSA) is 59.4 Å². The summed E-state index contributed by atoms with van der Waals surface area (Å²) in [5.41, 5.74) is 4.89. The molecule has 0 spiro atoms. The molecular weight excluding hydrogens is 400 g/mol. The van der Waals surface area contributed by atoms with Crippen molar-refractivity contribution in [3.8, 4) is 0 Å². The van der Waals surface area contributed by atoms with Gasteiger partial charge in [-0.1, -0.05) is 54.1 Å². The fourth-order valence-electron chi connectivity index (χ4n) is 4.50. The molecule has 2 heterocycles. The number of hydrogen-bond acceptors (Lipinski definition) is 4. The molecule has 4 rings (SSSR count). The van der Waals surface area contributed by atoms with Crippen LogP contribution in [-0.2, 0) is 16.1 Å². The molecule has 1 amide bonds. The highest BCUT2D eigenvalue weighted by molar-refractivity contribution is 5.94. The van der Waals surface area contributed by atoms with E-state index in [1.165, 1.54) is 16.7 Å². The van der Waals surface area contributed by atoms with Gasteiger partial charge >= 0.3 is 0 Å². The zero-order valence-electron chi connectivity index (χ0n) is 19.1.